The lowest BCUT2D eigenvalue weighted by Crippen LogP contribution is -2.40. The van der Waals surface area contributed by atoms with E-state index in [2.05, 4.69) is 5.32 Å². The monoisotopic (exact) mass is 345 g/mol. The van der Waals surface area contributed by atoms with Crippen molar-refractivity contribution >= 4 is 22.9 Å². The van der Waals surface area contributed by atoms with Crippen molar-refractivity contribution in [3.05, 3.63) is 30.0 Å². The number of likely N-dealkylation sites (tertiary alicyclic amines) is 1. The maximum atomic E-state index is 12.4. The van der Waals surface area contributed by atoms with Gasteiger partial charge in [0, 0.05) is 18.5 Å². The first-order chi connectivity index (χ1) is 12.0. The highest BCUT2D eigenvalue weighted by atomic mass is 16.5. The Bertz CT molecular complexity index is 786. The third-order valence-corrected chi connectivity index (χ3v) is 4.47. The minimum Gasteiger partial charge on any atom is -0.490 e. The molecule has 7 nitrogen and oxygen atoms in total. The Balaban J connectivity index is 1.70. The lowest BCUT2D eigenvalue weighted by atomic mass is 10.1. The van der Waals surface area contributed by atoms with Crippen LogP contribution in [0.4, 0.5) is 4.79 Å². The molecule has 1 aromatic heterocycles. The van der Waals surface area contributed by atoms with Gasteiger partial charge in [-0.2, -0.15) is 0 Å². The highest BCUT2D eigenvalue weighted by molar-refractivity contribution is 5.84. The van der Waals surface area contributed by atoms with Crippen molar-refractivity contribution in [2.24, 2.45) is 11.7 Å². The van der Waals surface area contributed by atoms with Gasteiger partial charge in [0.2, 0.25) is 5.91 Å². The Kier molecular flexibility index (Phi) is 4.83. The van der Waals surface area contributed by atoms with E-state index in [1.165, 1.54) is 0 Å². The fourth-order valence-corrected chi connectivity index (χ4v) is 3.06. The Hall–Kier alpha value is -2.70. The van der Waals surface area contributed by atoms with Crippen molar-refractivity contribution in [2.45, 2.75) is 26.3 Å². The Morgan fingerprint density at radius 3 is 2.96 bits per heavy atom. The highest BCUT2D eigenvalue weighted by Gasteiger charge is 2.30. The normalized spacial score (nSPS) is 18.3. The molecule has 0 spiro atoms. The van der Waals surface area contributed by atoms with E-state index < -0.39 is 0 Å². The molecule has 3 rings (SSSR count). The van der Waals surface area contributed by atoms with Crippen LogP contribution in [0.1, 0.15) is 32.1 Å². The molecule has 1 aliphatic heterocycles. The zero-order valence-corrected chi connectivity index (χ0v) is 14.5. The molecule has 1 fully saturated rings. The predicted molar refractivity (Wildman–Crippen MR) is 93.2 cm³/mol. The van der Waals surface area contributed by atoms with E-state index in [1.54, 1.807) is 4.90 Å². The topological polar surface area (TPSA) is 97.8 Å². The molecular weight excluding hydrogens is 322 g/mol. The SMILES string of the molecule is CCOc1cccc2cc([C@H](C)NC(=O)N3CC[C@H](C(N)=O)C3)oc12. The highest BCUT2D eigenvalue weighted by Crippen LogP contribution is 2.31. The van der Waals surface area contributed by atoms with Gasteiger partial charge in [0.1, 0.15) is 5.76 Å². The van der Waals surface area contributed by atoms with E-state index in [0.29, 0.717) is 43.2 Å². The first-order valence-electron chi connectivity index (χ1n) is 8.49. The number of para-hydroxylation sites is 1. The summed E-state index contributed by atoms with van der Waals surface area (Å²) in [4.78, 5) is 25.2. The molecule has 2 atom stereocenters. The molecule has 7 heteroatoms. The Labute approximate surface area is 146 Å². The van der Waals surface area contributed by atoms with Crippen LogP contribution in [0.15, 0.2) is 28.7 Å². The molecule has 0 saturated carbocycles. The van der Waals surface area contributed by atoms with Crippen LogP contribution in [0, 0.1) is 5.92 Å². The van der Waals surface area contributed by atoms with Crippen LogP contribution in [0.2, 0.25) is 0 Å². The Morgan fingerprint density at radius 1 is 1.48 bits per heavy atom. The van der Waals surface area contributed by atoms with Gasteiger partial charge < -0.3 is 25.1 Å². The lowest BCUT2D eigenvalue weighted by Gasteiger charge is -2.19. The second-order valence-corrected chi connectivity index (χ2v) is 6.26. The fraction of sp³-hybridized carbons (Fsp3) is 0.444. The minimum absolute atomic E-state index is 0.221. The third-order valence-electron chi connectivity index (χ3n) is 4.47. The van der Waals surface area contributed by atoms with Crippen molar-refractivity contribution in [1.82, 2.24) is 10.2 Å². The summed E-state index contributed by atoms with van der Waals surface area (Å²) in [5.74, 6) is 0.722. The van der Waals surface area contributed by atoms with Gasteiger partial charge in [0.05, 0.1) is 18.6 Å². The smallest absolute Gasteiger partial charge is 0.318 e. The number of urea groups is 1. The molecule has 1 saturated heterocycles. The molecule has 3 amide bonds. The number of nitrogens with zero attached hydrogens (tertiary/aromatic N) is 1. The summed E-state index contributed by atoms with van der Waals surface area (Å²) in [6, 6.07) is 7.08. The summed E-state index contributed by atoms with van der Waals surface area (Å²) >= 11 is 0. The summed E-state index contributed by atoms with van der Waals surface area (Å²) in [5, 5.41) is 3.84. The van der Waals surface area contributed by atoms with Crippen LogP contribution in [0.5, 0.6) is 5.75 Å². The zero-order valence-electron chi connectivity index (χ0n) is 14.5. The second-order valence-electron chi connectivity index (χ2n) is 6.26. The number of rotatable bonds is 5. The molecule has 1 aromatic carbocycles. The summed E-state index contributed by atoms with van der Waals surface area (Å²) in [5.41, 5.74) is 5.99. The number of ether oxygens (including phenoxy) is 1. The summed E-state index contributed by atoms with van der Waals surface area (Å²) in [7, 11) is 0. The second kappa shape index (κ2) is 7.04. The minimum atomic E-state index is -0.357. The van der Waals surface area contributed by atoms with Gasteiger partial charge in [-0.15, -0.1) is 0 Å². The maximum Gasteiger partial charge on any atom is 0.318 e. The quantitative estimate of drug-likeness (QED) is 0.869. The number of nitrogens with two attached hydrogens (primary N) is 1. The van der Waals surface area contributed by atoms with Crippen LogP contribution >= 0.6 is 0 Å². The van der Waals surface area contributed by atoms with Gasteiger partial charge in [-0.25, -0.2) is 4.79 Å². The van der Waals surface area contributed by atoms with E-state index in [9.17, 15) is 9.59 Å². The first-order valence-corrected chi connectivity index (χ1v) is 8.49. The number of furan rings is 1. The number of carbonyl (C=O) groups is 2. The average molecular weight is 345 g/mol. The van der Waals surface area contributed by atoms with Gasteiger partial charge >= 0.3 is 6.03 Å². The average Bonchev–Trinajstić information content (AvgIpc) is 3.23. The fourth-order valence-electron chi connectivity index (χ4n) is 3.06. The molecule has 2 heterocycles. The molecule has 0 bridgehead atoms. The van der Waals surface area contributed by atoms with Crippen LogP contribution in [0.25, 0.3) is 11.0 Å². The zero-order chi connectivity index (χ0) is 18.0. The molecule has 0 aliphatic carbocycles. The molecular formula is C18H23N3O4. The molecule has 3 N–H and O–H groups in total. The van der Waals surface area contributed by atoms with Gasteiger partial charge in [-0.05, 0) is 32.4 Å². The number of primary amides is 1. The van der Waals surface area contributed by atoms with E-state index in [0.717, 1.165) is 5.39 Å². The standard InChI is InChI=1S/C18H23N3O4/c1-3-24-14-6-4-5-12-9-15(25-16(12)14)11(2)20-18(23)21-8-7-13(10-21)17(19)22/h4-6,9,11,13H,3,7-8,10H2,1-2H3,(H2,19,22)(H,20,23)/t11-,13-/m0/s1. The third kappa shape index (κ3) is 3.55. The van der Waals surface area contributed by atoms with E-state index >= 15 is 0 Å². The number of carbonyl (C=O) groups excluding carboxylic acids is 2. The summed E-state index contributed by atoms with van der Waals surface area (Å²) in [6.07, 6.45) is 0.611. The lowest BCUT2D eigenvalue weighted by molar-refractivity contribution is -0.121. The number of hydrogen-bond acceptors (Lipinski definition) is 4. The van der Waals surface area contributed by atoms with Crippen molar-refractivity contribution in [3.8, 4) is 5.75 Å². The number of amides is 3. The largest absolute Gasteiger partial charge is 0.490 e. The molecule has 1 aliphatic rings. The van der Waals surface area contributed by atoms with Gasteiger partial charge in [-0.3, -0.25) is 4.79 Å². The number of nitrogens with one attached hydrogen (secondary N) is 1. The van der Waals surface area contributed by atoms with Gasteiger partial charge in [-0.1, -0.05) is 12.1 Å². The van der Waals surface area contributed by atoms with E-state index in [1.807, 2.05) is 38.1 Å². The molecule has 25 heavy (non-hydrogen) atoms. The molecule has 0 radical (unpaired) electrons. The van der Waals surface area contributed by atoms with E-state index in [4.69, 9.17) is 14.9 Å². The van der Waals surface area contributed by atoms with Gasteiger partial charge in [0.25, 0.3) is 0 Å². The number of hydrogen-bond donors (Lipinski definition) is 2. The van der Waals surface area contributed by atoms with Crippen LogP contribution < -0.4 is 15.8 Å². The van der Waals surface area contributed by atoms with Crippen molar-refractivity contribution < 1.29 is 18.7 Å². The van der Waals surface area contributed by atoms with Crippen LogP contribution in [-0.2, 0) is 4.79 Å². The summed E-state index contributed by atoms with van der Waals surface area (Å²) < 4.78 is 11.5. The molecule has 134 valence electrons. The Morgan fingerprint density at radius 2 is 2.28 bits per heavy atom. The molecule has 0 unspecified atom stereocenters. The van der Waals surface area contributed by atoms with Crippen molar-refractivity contribution in [2.75, 3.05) is 19.7 Å². The maximum absolute atomic E-state index is 12.4. The predicted octanol–water partition coefficient (Wildman–Crippen LogP) is 2.41. The van der Waals surface area contributed by atoms with Gasteiger partial charge in [0.15, 0.2) is 11.3 Å². The first kappa shape index (κ1) is 17.1. The van der Waals surface area contributed by atoms with Crippen LogP contribution in [0.3, 0.4) is 0 Å². The number of fused-ring (bicyclic) bond motifs is 1. The van der Waals surface area contributed by atoms with Crippen molar-refractivity contribution in [1.29, 1.82) is 0 Å². The van der Waals surface area contributed by atoms with Crippen LogP contribution in [-0.4, -0.2) is 36.5 Å². The molecule has 2 aromatic rings. The summed E-state index contributed by atoms with van der Waals surface area (Å²) in [6.45, 7) is 5.22. The van der Waals surface area contributed by atoms with Crippen molar-refractivity contribution in [3.63, 3.8) is 0 Å². The van der Waals surface area contributed by atoms with E-state index in [-0.39, 0.29) is 23.9 Å². The number of benzene rings is 1.